The average Bonchev–Trinajstić information content (AvgIpc) is 3.08. The van der Waals surface area contributed by atoms with E-state index in [1.807, 2.05) is 13.0 Å². The molecule has 1 saturated heterocycles. The number of carbonyl (C=O) groups is 3. The van der Waals surface area contributed by atoms with Gasteiger partial charge in [-0.15, -0.1) is 0 Å². The van der Waals surface area contributed by atoms with E-state index in [0.717, 1.165) is 22.2 Å². The lowest BCUT2D eigenvalue weighted by atomic mass is 10.1. The Bertz CT molecular complexity index is 1320. The summed E-state index contributed by atoms with van der Waals surface area (Å²) in [7, 11) is 0. The first-order valence-corrected chi connectivity index (χ1v) is 11.0. The molecule has 3 aromatic rings. The van der Waals surface area contributed by atoms with E-state index in [2.05, 4.69) is 0 Å². The number of nitrogens with zero attached hydrogens (tertiary/aromatic N) is 2. The van der Waals surface area contributed by atoms with Crippen molar-refractivity contribution < 1.29 is 24.0 Å². The maximum Gasteiger partial charge on any atom is 0.343 e. The average molecular weight is 474 g/mol. The Hall–Kier alpha value is -4.24. The number of amides is 2. The van der Waals surface area contributed by atoms with Crippen LogP contribution in [0.2, 0.25) is 0 Å². The van der Waals surface area contributed by atoms with Gasteiger partial charge in [0.05, 0.1) is 21.9 Å². The van der Waals surface area contributed by atoms with Crippen molar-refractivity contribution >= 4 is 40.6 Å². The van der Waals surface area contributed by atoms with Crippen molar-refractivity contribution in [2.75, 3.05) is 0 Å². The quantitative estimate of drug-likeness (QED) is 0.156. The second-order valence-electron chi connectivity index (χ2n) is 7.52. The lowest BCUT2D eigenvalue weighted by Crippen LogP contribution is -2.27. The Balaban J connectivity index is 1.42. The van der Waals surface area contributed by atoms with Gasteiger partial charge in [0.2, 0.25) is 0 Å². The molecule has 0 aromatic heterocycles. The molecule has 1 fully saturated rings. The van der Waals surface area contributed by atoms with Crippen molar-refractivity contribution in [2.24, 2.45) is 0 Å². The van der Waals surface area contributed by atoms with Gasteiger partial charge in [-0.05, 0) is 60.2 Å². The second-order valence-corrected chi connectivity index (χ2v) is 8.51. The Morgan fingerprint density at radius 2 is 1.76 bits per heavy atom. The number of nitro groups is 1. The van der Waals surface area contributed by atoms with Crippen LogP contribution < -0.4 is 4.74 Å². The Morgan fingerprint density at radius 1 is 1.06 bits per heavy atom. The van der Waals surface area contributed by atoms with Crippen molar-refractivity contribution in [1.82, 2.24) is 4.90 Å². The molecule has 0 aliphatic carbocycles. The van der Waals surface area contributed by atoms with E-state index >= 15 is 0 Å². The predicted molar refractivity (Wildman–Crippen MR) is 127 cm³/mol. The van der Waals surface area contributed by atoms with Crippen LogP contribution in [-0.2, 0) is 11.3 Å². The monoisotopic (exact) mass is 474 g/mol. The maximum absolute atomic E-state index is 12.7. The molecule has 1 heterocycles. The molecule has 0 spiro atoms. The minimum Gasteiger partial charge on any atom is -0.423 e. The normalized spacial score (nSPS) is 14.5. The smallest absolute Gasteiger partial charge is 0.343 e. The third-order valence-electron chi connectivity index (χ3n) is 5.00. The number of esters is 1. The zero-order chi connectivity index (χ0) is 24.2. The predicted octanol–water partition coefficient (Wildman–Crippen LogP) is 5.36. The van der Waals surface area contributed by atoms with Gasteiger partial charge in [0, 0.05) is 12.1 Å². The van der Waals surface area contributed by atoms with Gasteiger partial charge < -0.3 is 4.74 Å². The van der Waals surface area contributed by atoms with Gasteiger partial charge in [-0.25, -0.2) is 4.79 Å². The maximum atomic E-state index is 12.7. The molecule has 34 heavy (non-hydrogen) atoms. The van der Waals surface area contributed by atoms with Crippen molar-refractivity contribution in [3.8, 4) is 5.75 Å². The molecule has 1 aliphatic rings. The summed E-state index contributed by atoms with van der Waals surface area (Å²) in [6.07, 6.45) is 1.59. The van der Waals surface area contributed by atoms with Crippen LogP contribution >= 0.6 is 11.8 Å². The zero-order valence-corrected chi connectivity index (χ0v) is 18.8. The van der Waals surface area contributed by atoms with E-state index in [4.69, 9.17) is 4.74 Å². The van der Waals surface area contributed by atoms with Gasteiger partial charge >= 0.3 is 5.97 Å². The summed E-state index contributed by atoms with van der Waals surface area (Å²) in [6, 6.07) is 19.4. The van der Waals surface area contributed by atoms with Gasteiger partial charge in [0.25, 0.3) is 16.8 Å². The molecule has 9 heteroatoms. The van der Waals surface area contributed by atoms with Crippen molar-refractivity contribution in [3.05, 3.63) is 110 Å². The molecule has 0 radical (unpaired) electrons. The summed E-state index contributed by atoms with van der Waals surface area (Å²) in [4.78, 5) is 49.0. The molecule has 4 rings (SSSR count). The molecule has 1 aliphatic heterocycles. The Morgan fingerprint density at radius 3 is 2.41 bits per heavy atom. The summed E-state index contributed by atoms with van der Waals surface area (Å²) >= 11 is 0.822. The highest BCUT2D eigenvalue weighted by atomic mass is 32.2. The molecule has 0 atom stereocenters. The standard InChI is InChI=1S/C25H18N2O6S/c1-16-3-2-4-19(13-16)24(29)33-21-11-7-17(8-12-21)14-22-23(28)26(25(30)34-22)15-18-5-9-20(10-6-18)27(31)32/h2-14H,15H2,1H3/b22-14-. The number of hydrogen-bond acceptors (Lipinski definition) is 7. The van der Waals surface area contributed by atoms with E-state index in [9.17, 15) is 24.5 Å². The third-order valence-corrected chi connectivity index (χ3v) is 5.91. The fraction of sp³-hybridized carbons (Fsp3) is 0.0800. The van der Waals surface area contributed by atoms with E-state index < -0.39 is 22.0 Å². The van der Waals surface area contributed by atoms with Crippen LogP contribution in [0.3, 0.4) is 0 Å². The number of benzene rings is 3. The number of ether oxygens (including phenoxy) is 1. The minimum atomic E-state index is -0.512. The van der Waals surface area contributed by atoms with Crippen molar-refractivity contribution in [2.45, 2.75) is 13.5 Å². The number of thioether (sulfide) groups is 1. The molecule has 0 bridgehead atoms. The summed E-state index contributed by atoms with van der Waals surface area (Å²) in [5.74, 6) is -0.554. The fourth-order valence-corrected chi connectivity index (χ4v) is 4.10. The number of rotatable bonds is 6. The van der Waals surface area contributed by atoms with E-state index in [-0.39, 0.29) is 17.1 Å². The topological polar surface area (TPSA) is 107 Å². The molecular weight excluding hydrogens is 456 g/mol. The number of non-ortho nitro benzene ring substituents is 1. The largest absolute Gasteiger partial charge is 0.423 e. The molecule has 2 amide bonds. The number of aryl methyl sites for hydroxylation is 1. The van der Waals surface area contributed by atoms with Gasteiger partial charge in [-0.2, -0.15) is 0 Å². The van der Waals surface area contributed by atoms with Gasteiger partial charge in [-0.3, -0.25) is 24.6 Å². The molecule has 3 aromatic carbocycles. The number of hydrogen-bond donors (Lipinski definition) is 0. The van der Waals surface area contributed by atoms with Crippen molar-refractivity contribution in [1.29, 1.82) is 0 Å². The van der Waals surface area contributed by atoms with Crippen LogP contribution in [0.5, 0.6) is 5.75 Å². The highest BCUT2D eigenvalue weighted by molar-refractivity contribution is 8.18. The molecule has 8 nitrogen and oxygen atoms in total. The lowest BCUT2D eigenvalue weighted by Gasteiger charge is -2.12. The minimum absolute atomic E-state index is 0.0217. The highest BCUT2D eigenvalue weighted by Crippen LogP contribution is 2.33. The van der Waals surface area contributed by atoms with Gasteiger partial charge in [-0.1, -0.05) is 42.0 Å². The van der Waals surface area contributed by atoms with Crippen LogP contribution in [0.25, 0.3) is 6.08 Å². The molecule has 0 N–H and O–H groups in total. The van der Waals surface area contributed by atoms with E-state index in [1.165, 1.54) is 24.3 Å². The van der Waals surface area contributed by atoms with Crippen LogP contribution in [0.15, 0.2) is 77.7 Å². The number of nitro benzene ring substituents is 1. The van der Waals surface area contributed by atoms with Crippen LogP contribution in [0.1, 0.15) is 27.0 Å². The molecule has 0 unspecified atom stereocenters. The first kappa shape index (κ1) is 22.9. The number of imide groups is 1. The summed E-state index contributed by atoms with van der Waals surface area (Å²) in [5, 5.41) is 10.4. The first-order chi connectivity index (χ1) is 16.3. The first-order valence-electron chi connectivity index (χ1n) is 10.2. The molecule has 0 saturated carbocycles. The SMILES string of the molecule is Cc1cccc(C(=O)Oc2ccc(/C=C3\SC(=O)N(Cc4ccc([N+](=O)[O-])cc4)C3=O)cc2)c1. The summed E-state index contributed by atoms with van der Waals surface area (Å²) in [5.41, 5.74) is 2.61. The lowest BCUT2D eigenvalue weighted by molar-refractivity contribution is -0.384. The van der Waals surface area contributed by atoms with Crippen LogP contribution in [0.4, 0.5) is 10.5 Å². The van der Waals surface area contributed by atoms with Crippen LogP contribution in [-0.4, -0.2) is 26.9 Å². The van der Waals surface area contributed by atoms with Gasteiger partial charge in [0.15, 0.2) is 0 Å². The Kier molecular flexibility index (Phi) is 6.55. The fourth-order valence-electron chi connectivity index (χ4n) is 3.26. The highest BCUT2D eigenvalue weighted by Gasteiger charge is 2.35. The van der Waals surface area contributed by atoms with Crippen molar-refractivity contribution in [3.63, 3.8) is 0 Å². The molecule has 170 valence electrons. The summed E-state index contributed by atoms with van der Waals surface area (Å²) in [6.45, 7) is 1.91. The van der Waals surface area contributed by atoms with E-state index in [1.54, 1.807) is 48.5 Å². The third kappa shape index (κ3) is 5.21. The number of carbonyl (C=O) groups excluding carboxylic acids is 3. The van der Waals surface area contributed by atoms with Gasteiger partial charge in [0.1, 0.15) is 5.75 Å². The zero-order valence-electron chi connectivity index (χ0n) is 18.0. The molecular formula is C25H18N2O6S. The van der Waals surface area contributed by atoms with Crippen LogP contribution in [0, 0.1) is 17.0 Å². The van der Waals surface area contributed by atoms with E-state index in [0.29, 0.717) is 22.4 Å². The summed E-state index contributed by atoms with van der Waals surface area (Å²) < 4.78 is 5.39. The Labute approximate surface area is 199 Å². The second kappa shape index (κ2) is 9.72.